The van der Waals surface area contributed by atoms with Gasteiger partial charge in [-0.2, -0.15) is 0 Å². The van der Waals surface area contributed by atoms with Crippen LogP contribution in [-0.4, -0.2) is 23.7 Å². The first-order valence-corrected chi connectivity index (χ1v) is 6.15. The first kappa shape index (κ1) is 20.4. The zero-order valence-electron chi connectivity index (χ0n) is 11.9. The molecule has 6 nitrogen and oxygen atoms in total. The predicted octanol–water partition coefficient (Wildman–Crippen LogP) is 3.45. The summed E-state index contributed by atoms with van der Waals surface area (Å²) in [4.78, 5) is 22.2. The van der Waals surface area contributed by atoms with Crippen LogP contribution in [0.5, 0.6) is 0 Å². The molecule has 1 aromatic carbocycles. The molecule has 0 aliphatic heterocycles. The summed E-state index contributed by atoms with van der Waals surface area (Å²) in [5.41, 5.74) is 0.546. The smallest absolute Gasteiger partial charge is 0.338 e. The SMILES string of the molecule is CCCCCCOC(=O)c1ccc(C(=O)O)cc1.N.N. The highest BCUT2D eigenvalue weighted by atomic mass is 16.5. The maximum Gasteiger partial charge on any atom is 0.338 e. The molecule has 7 N–H and O–H groups in total. The van der Waals surface area contributed by atoms with Crippen molar-refractivity contribution in [2.75, 3.05) is 6.61 Å². The third kappa shape index (κ3) is 6.86. The number of esters is 1. The van der Waals surface area contributed by atoms with Gasteiger partial charge in [-0.15, -0.1) is 0 Å². The molecule has 114 valence electrons. The number of carboxylic acids is 1. The van der Waals surface area contributed by atoms with Gasteiger partial charge in [0.1, 0.15) is 0 Å². The molecule has 0 aliphatic rings. The lowest BCUT2D eigenvalue weighted by atomic mass is 10.1. The predicted molar refractivity (Wildman–Crippen MR) is 77.9 cm³/mol. The second kappa shape index (κ2) is 11.0. The van der Waals surface area contributed by atoms with Gasteiger partial charge in [0.25, 0.3) is 0 Å². The first-order valence-electron chi connectivity index (χ1n) is 6.15. The highest BCUT2D eigenvalue weighted by molar-refractivity contribution is 5.92. The van der Waals surface area contributed by atoms with Gasteiger partial charge in [-0.25, -0.2) is 9.59 Å². The van der Waals surface area contributed by atoms with Crippen LogP contribution in [0.4, 0.5) is 0 Å². The summed E-state index contributed by atoms with van der Waals surface area (Å²) < 4.78 is 5.09. The molecule has 6 heteroatoms. The van der Waals surface area contributed by atoms with Crippen LogP contribution in [0.15, 0.2) is 24.3 Å². The van der Waals surface area contributed by atoms with Crippen molar-refractivity contribution < 1.29 is 19.4 Å². The summed E-state index contributed by atoms with van der Waals surface area (Å²) in [6.45, 7) is 2.54. The molecule has 0 amide bonds. The van der Waals surface area contributed by atoms with Gasteiger partial charge in [0.2, 0.25) is 0 Å². The van der Waals surface area contributed by atoms with E-state index in [1.165, 1.54) is 24.3 Å². The van der Waals surface area contributed by atoms with Gasteiger partial charge >= 0.3 is 11.9 Å². The van der Waals surface area contributed by atoms with Crippen molar-refractivity contribution >= 4 is 11.9 Å². The van der Waals surface area contributed by atoms with Crippen LogP contribution < -0.4 is 12.3 Å². The monoisotopic (exact) mass is 284 g/mol. The Morgan fingerprint density at radius 1 is 1.00 bits per heavy atom. The molecular weight excluding hydrogens is 260 g/mol. The van der Waals surface area contributed by atoms with Crippen LogP contribution in [-0.2, 0) is 4.74 Å². The molecule has 0 spiro atoms. The highest BCUT2D eigenvalue weighted by Crippen LogP contribution is 2.07. The lowest BCUT2D eigenvalue weighted by Crippen LogP contribution is -2.07. The van der Waals surface area contributed by atoms with E-state index in [9.17, 15) is 9.59 Å². The van der Waals surface area contributed by atoms with Crippen LogP contribution >= 0.6 is 0 Å². The van der Waals surface area contributed by atoms with E-state index < -0.39 is 11.9 Å². The molecule has 0 saturated heterocycles. The van der Waals surface area contributed by atoms with Gasteiger partial charge in [-0.3, -0.25) is 0 Å². The van der Waals surface area contributed by atoms with Crippen molar-refractivity contribution in [2.24, 2.45) is 0 Å². The van der Waals surface area contributed by atoms with Gasteiger partial charge < -0.3 is 22.1 Å². The van der Waals surface area contributed by atoms with Gasteiger partial charge in [-0.05, 0) is 30.7 Å². The van der Waals surface area contributed by atoms with Crippen molar-refractivity contribution in [3.63, 3.8) is 0 Å². The molecule has 1 aromatic rings. The van der Waals surface area contributed by atoms with E-state index in [0.29, 0.717) is 12.2 Å². The fourth-order valence-electron chi connectivity index (χ4n) is 1.53. The van der Waals surface area contributed by atoms with Crippen molar-refractivity contribution in [3.05, 3.63) is 35.4 Å². The van der Waals surface area contributed by atoms with Crippen molar-refractivity contribution in [1.82, 2.24) is 12.3 Å². The zero-order valence-corrected chi connectivity index (χ0v) is 11.9. The number of unbranched alkanes of at least 4 members (excludes halogenated alkanes) is 3. The second-order valence-corrected chi connectivity index (χ2v) is 4.08. The number of ether oxygens (including phenoxy) is 1. The van der Waals surface area contributed by atoms with Crippen LogP contribution in [0.25, 0.3) is 0 Å². The molecular formula is C14H24N2O4. The van der Waals surface area contributed by atoms with Crippen LogP contribution in [0, 0.1) is 0 Å². The summed E-state index contributed by atoms with van der Waals surface area (Å²) in [5, 5.41) is 8.72. The Kier molecular flexibility index (Phi) is 11.2. The molecule has 0 heterocycles. The van der Waals surface area contributed by atoms with Gasteiger partial charge in [0.15, 0.2) is 0 Å². The third-order valence-corrected chi connectivity index (χ3v) is 2.60. The lowest BCUT2D eigenvalue weighted by Gasteiger charge is -2.04. The molecule has 0 fully saturated rings. The Hall–Kier alpha value is -1.92. The number of hydrogen-bond donors (Lipinski definition) is 3. The maximum absolute atomic E-state index is 11.6. The third-order valence-electron chi connectivity index (χ3n) is 2.60. The normalized spacial score (nSPS) is 9.05. The highest BCUT2D eigenvalue weighted by Gasteiger charge is 2.08. The molecule has 0 unspecified atom stereocenters. The second-order valence-electron chi connectivity index (χ2n) is 4.08. The standard InChI is InChI=1S/C14H18O4.2H3N/c1-2-3-4-5-10-18-14(17)12-8-6-11(7-9-12)13(15)16;;/h6-9H,2-5,10H2,1H3,(H,15,16);2*1H3. The molecule has 0 aromatic heterocycles. The molecule has 0 bridgehead atoms. The summed E-state index contributed by atoms with van der Waals surface area (Å²) >= 11 is 0. The average molecular weight is 284 g/mol. The molecule has 0 radical (unpaired) electrons. The van der Waals surface area contributed by atoms with E-state index >= 15 is 0 Å². The van der Waals surface area contributed by atoms with E-state index in [-0.39, 0.29) is 17.9 Å². The minimum atomic E-state index is -1.01. The number of carboxylic acid groups (broad SMARTS) is 1. The van der Waals surface area contributed by atoms with Crippen molar-refractivity contribution in [1.29, 1.82) is 0 Å². The van der Waals surface area contributed by atoms with Crippen LogP contribution in [0.1, 0.15) is 53.3 Å². The van der Waals surface area contributed by atoms with Gasteiger partial charge in [0.05, 0.1) is 17.7 Å². The number of aromatic carboxylic acids is 1. The van der Waals surface area contributed by atoms with Gasteiger partial charge in [0, 0.05) is 0 Å². The quantitative estimate of drug-likeness (QED) is 0.518. The Balaban J connectivity index is 0. The Bertz CT molecular complexity index is 404. The van der Waals surface area contributed by atoms with Crippen LogP contribution in [0.2, 0.25) is 0 Å². The number of rotatable bonds is 7. The summed E-state index contributed by atoms with van der Waals surface area (Å²) in [6, 6.07) is 5.74. The summed E-state index contributed by atoms with van der Waals surface area (Å²) in [5.74, 6) is -1.40. The zero-order chi connectivity index (χ0) is 13.4. The molecule has 0 saturated carbocycles. The van der Waals surface area contributed by atoms with E-state index in [2.05, 4.69) is 6.92 Å². The number of hydrogen-bond acceptors (Lipinski definition) is 5. The number of carbonyl (C=O) groups excluding carboxylic acids is 1. The lowest BCUT2D eigenvalue weighted by molar-refractivity contribution is 0.0496. The van der Waals surface area contributed by atoms with E-state index in [1.807, 2.05) is 0 Å². The largest absolute Gasteiger partial charge is 0.478 e. The minimum Gasteiger partial charge on any atom is -0.478 e. The number of carbonyl (C=O) groups is 2. The maximum atomic E-state index is 11.6. The fourth-order valence-corrected chi connectivity index (χ4v) is 1.53. The Morgan fingerprint density at radius 2 is 1.55 bits per heavy atom. The molecule has 0 atom stereocenters. The fraction of sp³-hybridized carbons (Fsp3) is 0.429. The Morgan fingerprint density at radius 3 is 2.05 bits per heavy atom. The first-order chi connectivity index (χ1) is 8.65. The topological polar surface area (TPSA) is 134 Å². The van der Waals surface area contributed by atoms with Gasteiger partial charge in [-0.1, -0.05) is 26.2 Å². The van der Waals surface area contributed by atoms with Crippen molar-refractivity contribution in [2.45, 2.75) is 32.6 Å². The van der Waals surface area contributed by atoms with E-state index in [4.69, 9.17) is 9.84 Å². The average Bonchev–Trinajstić information content (AvgIpc) is 2.38. The Labute approximate surface area is 119 Å². The summed E-state index contributed by atoms with van der Waals surface area (Å²) in [6.07, 6.45) is 4.21. The van der Waals surface area contributed by atoms with Crippen molar-refractivity contribution in [3.8, 4) is 0 Å². The van der Waals surface area contributed by atoms with E-state index in [1.54, 1.807) is 0 Å². The minimum absolute atomic E-state index is 0. The molecule has 20 heavy (non-hydrogen) atoms. The summed E-state index contributed by atoms with van der Waals surface area (Å²) in [7, 11) is 0. The number of benzene rings is 1. The van der Waals surface area contributed by atoms with E-state index in [0.717, 1.165) is 25.7 Å². The molecule has 0 aliphatic carbocycles. The molecule has 1 rings (SSSR count). The van der Waals surface area contributed by atoms with Crippen LogP contribution in [0.3, 0.4) is 0 Å².